The van der Waals surface area contributed by atoms with E-state index in [1.54, 1.807) is 12.1 Å². The van der Waals surface area contributed by atoms with Crippen molar-refractivity contribution in [1.29, 1.82) is 0 Å². The van der Waals surface area contributed by atoms with Crippen LogP contribution in [0.4, 0.5) is 4.39 Å². The van der Waals surface area contributed by atoms with Gasteiger partial charge in [-0.1, -0.05) is 49.9 Å². The van der Waals surface area contributed by atoms with Gasteiger partial charge in [0.25, 0.3) is 0 Å². The van der Waals surface area contributed by atoms with E-state index in [1.807, 2.05) is 49.7 Å². The van der Waals surface area contributed by atoms with Gasteiger partial charge in [-0.25, -0.2) is 9.37 Å². The molecule has 26 heavy (non-hydrogen) atoms. The lowest BCUT2D eigenvalue weighted by atomic mass is 9.96. The number of fused-ring (bicyclic) bond motifs is 1. The molecular formula is C20H22FN3OS. The average Bonchev–Trinajstić information content (AvgIpc) is 2.95. The number of halogens is 1. The van der Waals surface area contributed by atoms with E-state index in [2.05, 4.69) is 10.3 Å². The number of thioether (sulfide) groups is 1. The smallest absolute Gasteiger partial charge is 0.230 e. The summed E-state index contributed by atoms with van der Waals surface area (Å²) in [5, 5.41) is 3.87. The SMILES string of the molecule is CC(C)C(NC(=O)CSc1nc2ccccc2n1C)c1ccc(F)cc1. The third kappa shape index (κ3) is 4.07. The Morgan fingerprint density at radius 3 is 2.54 bits per heavy atom. The maximum absolute atomic E-state index is 13.1. The predicted octanol–water partition coefficient (Wildman–Crippen LogP) is 4.32. The number of nitrogens with one attached hydrogen (secondary N) is 1. The predicted molar refractivity (Wildman–Crippen MR) is 104 cm³/mol. The van der Waals surface area contributed by atoms with Crippen molar-refractivity contribution in [1.82, 2.24) is 14.9 Å². The summed E-state index contributed by atoms with van der Waals surface area (Å²) in [5.74, 6) is 0.136. The fourth-order valence-corrected chi connectivity index (χ4v) is 3.70. The first-order valence-electron chi connectivity index (χ1n) is 8.55. The van der Waals surface area contributed by atoms with Crippen LogP contribution in [0.15, 0.2) is 53.7 Å². The van der Waals surface area contributed by atoms with Crippen LogP contribution in [0.2, 0.25) is 0 Å². The van der Waals surface area contributed by atoms with Crippen LogP contribution in [0.3, 0.4) is 0 Å². The lowest BCUT2D eigenvalue weighted by Gasteiger charge is -2.23. The largest absolute Gasteiger partial charge is 0.348 e. The highest BCUT2D eigenvalue weighted by molar-refractivity contribution is 7.99. The Balaban J connectivity index is 1.66. The zero-order chi connectivity index (χ0) is 18.7. The highest BCUT2D eigenvalue weighted by atomic mass is 32.2. The van der Waals surface area contributed by atoms with Crippen molar-refractivity contribution in [2.75, 3.05) is 5.75 Å². The minimum atomic E-state index is -0.278. The zero-order valence-corrected chi connectivity index (χ0v) is 15.9. The second-order valence-corrected chi connectivity index (χ2v) is 7.51. The van der Waals surface area contributed by atoms with E-state index in [4.69, 9.17) is 0 Å². The highest BCUT2D eigenvalue weighted by Crippen LogP contribution is 2.24. The van der Waals surface area contributed by atoms with Gasteiger partial charge in [0.05, 0.1) is 22.8 Å². The van der Waals surface area contributed by atoms with Gasteiger partial charge in [-0.15, -0.1) is 0 Å². The summed E-state index contributed by atoms with van der Waals surface area (Å²) in [6.07, 6.45) is 0. The lowest BCUT2D eigenvalue weighted by molar-refractivity contribution is -0.119. The molecule has 0 saturated heterocycles. The molecule has 0 radical (unpaired) electrons. The fraction of sp³-hybridized carbons (Fsp3) is 0.300. The first kappa shape index (κ1) is 18.5. The Morgan fingerprint density at radius 1 is 1.19 bits per heavy atom. The number of hydrogen-bond donors (Lipinski definition) is 1. The fourth-order valence-electron chi connectivity index (χ4n) is 2.90. The Hall–Kier alpha value is -2.34. The molecule has 0 spiro atoms. The van der Waals surface area contributed by atoms with Crippen molar-refractivity contribution in [3.63, 3.8) is 0 Å². The Labute approximate surface area is 156 Å². The average molecular weight is 371 g/mol. The summed E-state index contributed by atoms with van der Waals surface area (Å²) in [5.41, 5.74) is 2.87. The molecule has 1 heterocycles. The number of hydrogen-bond acceptors (Lipinski definition) is 3. The number of rotatable bonds is 6. The van der Waals surface area contributed by atoms with Crippen LogP contribution in [0.5, 0.6) is 0 Å². The Morgan fingerprint density at radius 2 is 1.88 bits per heavy atom. The van der Waals surface area contributed by atoms with E-state index in [9.17, 15) is 9.18 Å². The number of amides is 1. The molecule has 0 aliphatic carbocycles. The number of aromatic nitrogens is 2. The van der Waals surface area contributed by atoms with Gasteiger partial charge in [-0.2, -0.15) is 0 Å². The quantitative estimate of drug-likeness (QED) is 0.657. The van der Waals surface area contributed by atoms with Gasteiger partial charge < -0.3 is 9.88 Å². The van der Waals surface area contributed by atoms with E-state index < -0.39 is 0 Å². The maximum Gasteiger partial charge on any atom is 0.230 e. The molecular weight excluding hydrogens is 349 g/mol. The molecule has 136 valence electrons. The molecule has 0 saturated carbocycles. The Bertz CT molecular complexity index is 905. The van der Waals surface area contributed by atoms with E-state index in [0.29, 0.717) is 0 Å². The molecule has 1 atom stereocenters. The Kier molecular flexibility index (Phi) is 5.61. The monoisotopic (exact) mass is 371 g/mol. The summed E-state index contributed by atoms with van der Waals surface area (Å²) >= 11 is 1.41. The summed E-state index contributed by atoms with van der Waals surface area (Å²) in [6.45, 7) is 4.07. The van der Waals surface area contributed by atoms with Crippen LogP contribution in [0.25, 0.3) is 11.0 Å². The second kappa shape index (κ2) is 7.91. The first-order valence-corrected chi connectivity index (χ1v) is 9.53. The standard InChI is InChI=1S/C20H22FN3OS/c1-13(2)19(14-8-10-15(21)11-9-14)23-18(25)12-26-20-22-16-6-4-5-7-17(16)24(20)3/h4-11,13,19H,12H2,1-3H3,(H,23,25). The number of nitrogens with zero attached hydrogens (tertiary/aromatic N) is 2. The van der Waals surface area contributed by atoms with E-state index >= 15 is 0 Å². The zero-order valence-electron chi connectivity index (χ0n) is 15.1. The molecule has 1 unspecified atom stereocenters. The van der Waals surface area contributed by atoms with Crippen LogP contribution >= 0.6 is 11.8 Å². The van der Waals surface area contributed by atoms with Crippen molar-refractivity contribution in [3.05, 3.63) is 59.9 Å². The minimum absolute atomic E-state index is 0.0647. The summed E-state index contributed by atoms with van der Waals surface area (Å²) in [7, 11) is 1.95. The summed E-state index contributed by atoms with van der Waals surface area (Å²) in [4.78, 5) is 17.0. The number of carbonyl (C=O) groups is 1. The van der Waals surface area contributed by atoms with Gasteiger partial charge in [-0.05, 0) is 35.7 Å². The van der Waals surface area contributed by atoms with Crippen molar-refractivity contribution >= 4 is 28.7 Å². The van der Waals surface area contributed by atoms with Gasteiger partial charge in [0.15, 0.2) is 5.16 Å². The van der Waals surface area contributed by atoms with Gasteiger partial charge in [0, 0.05) is 7.05 Å². The van der Waals surface area contributed by atoms with Crippen LogP contribution in [0.1, 0.15) is 25.5 Å². The molecule has 0 fully saturated rings. The third-order valence-corrected chi connectivity index (χ3v) is 5.32. The minimum Gasteiger partial charge on any atom is -0.348 e. The topological polar surface area (TPSA) is 46.9 Å². The van der Waals surface area contributed by atoms with Crippen molar-refractivity contribution < 1.29 is 9.18 Å². The second-order valence-electron chi connectivity index (χ2n) is 6.57. The maximum atomic E-state index is 13.1. The van der Waals surface area contributed by atoms with Crippen molar-refractivity contribution in [2.45, 2.75) is 25.0 Å². The molecule has 0 aliphatic rings. The van der Waals surface area contributed by atoms with Gasteiger partial charge >= 0.3 is 0 Å². The third-order valence-electron chi connectivity index (χ3n) is 4.29. The lowest BCUT2D eigenvalue weighted by Crippen LogP contribution is -2.33. The molecule has 1 aromatic heterocycles. The van der Waals surface area contributed by atoms with Gasteiger partial charge in [0.2, 0.25) is 5.91 Å². The number of aryl methyl sites for hydroxylation is 1. The first-order chi connectivity index (χ1) is 12.5. The molecule has 3 aromatic rings. The summed E-state index contributed by atoms with van der Waals surface area (Å²) in [6, 6.07) is 14.0. The highest BCUT2D eigenvalue weighted by Gasteiger charge is 2.19. The van der Waals surface area contributed by atoms with Crippen LogP contribution < -0.4 is 5.32 Å². The van der Waals surface area contributed by atoms with Crippen LogP contribution in [0, 0.1) is 11.7 Å². The molecule has 3 rings (SSSR count). The number of carbonyl (C=O) groups excluding carboxylic acids is 1. The molecule has 2 aromatic carbocycles. The molecule has 1 amide bonds. The molecule has 6 heteroatoms. The molecule has 0 aliphatic heterocycles. The van der Waals surface area contributed by atoms with E-state index in [1.165, 1.54) is 23.9 Å². The van der Waals surface area contributed by atoms with Crippen LogP contribution in [-0.4, -0.2) is 21.2 Å². The van der Waals surface area contributed by atoms with Gasteiger partial charge in [-0.3, -0.25) is 4.79 Å². The summed E-state index contributed by atoms with van der Waals surface area (Å²) < 4.78 is 15.1. The van der Waals surface area contributed by atoms with E-state index in [-0.39, 0.29) is 29.4 Å². The molecule has 1 N–H and O–H groups in total. The van der Waals surface area contributed by atoms with E-state index in [0.717, 1.165) is 21.8 Å². The van der Waals surface area contributed by atoms with Crippen LogP contribution in [-0.2, 0) is 11.8 Å². The van der Waals surface area contributed by atoms with Crippen molar-refractivity contribution in [3.8, 4) is 0 Å². The number of para-hydroxylation sites is 2. The number of imidazole rings is 1. The van der Waals surface area contributed by atoms with Gasteiger partial charge in [0.1, 0.15) is 5.82 Å². The number of benzene rings is 2. The normalized spacial score (nSPS) is 12.5. The molecule has 0 bridgehead atoms. The molecule has 4 nitrogen and oxygen atoms in total. The van der Waals surface area contributed by atoms with Crippen molar-refractivity contribution in [2.24, 2.45) is 13.0 Å².